The molecular formula is C17H28N2O2. The predicted octanol–water partition coefficient (Wildman–Crippen LogP) is 2.57. The molecule has 3 rings (SSSR count). The van der Waals surface area contributed by atoms with Crippen molar-refractivity contribution in [2.75, 3.05) is 7.05 Å². The summed E-state index contributed by atoms with van der Waals surface area (Å²) in [6.07, 6.45) is 10.5. The molecule has 1 heterocycles. The molecule has 3 atom stereocenters. The van der Waals surface area contributed by atoms with Gasteiger partial charge in [-0.05, 0) is 32.6 Å². The van der Waals surface area contributed by atoms with Crippen molar-refractivity contribution in [3.8, 4) is 0 Å². The van der Waals surface area contributed by atoms with Crippen LogP contribution in [-0.2, 0) is 9.59 Å². The van der Waals surface area contributed by atoms with E-state index in [1.165, 1.54) is 32.1 Å². The standard InChI is InChI=1S/C17H28N2O2/c1-12-16(20)18(2)14-10-6-7-11-15(14)19(17(12)21)13-8-4-3-5-9-13/h12-15H,3-11H2,1-2H3. The maximum absolute atomic E-state index is 12.9. The quantitative estimate of drug-likeness (QED) is 0.697. The molecule has 2 saturated carbocycles. The molecule has 4 heteroatoms. The highest BCUT2D eigenvalue weighted by atomic mass is 16.2. The van der Waals surface area contributed by atoms with Crippen LogP contribution in [0.4, 0.5) is 0 Å². The topological polar surface area (TPSA) is 40.6 Å². The number of nitrogens with zero attached hydrogens (tertiary/aromatic N) is 2. The lowest BCUT2D eigenvalue weighted by Gasteiger charge is -2.45. The molecule has 0 spiro atoms. The normalized spacial score (nSPS) is 35.6. The third kappa shape index (κ3) is 2.58. The number of fused-ring (bicyclic) bond motifs is 1. The second kappa shape index (κ2) is 5.98. The summed E-state index contributed by atoms with van der Waals surface area (Å²) in [5, 5.41) is 0. The van der Waals surface area contributed by atoms with Crippen molar-refractivity contribution < 1.29 is 9.59 Å². The molecule has 21 heavy (non-hydrogen) atoms. The monoisotopic (exact) mass is 292 g/mol. The van der Waals surface area contributed by atoms with Gasteiger partial charge in [0.25, 0.3) is 0 Å². The molecular weight excluding hydrogens is 264 g/mol. The summed E-state index contributed by atoms with van der Waals surface area (Å²) in [6, 6.07) is 0.869. The first kappa shape index (κ1) is 14.9. The summed E-state index contributed by atoms with van der Waals surface area (Å²) in [7, 11) is 1.90. The number of hydrogen-bond donors (Lipinski definition) is 0. The summed E-state index contributed by atoms with van der Waals surface area (Å²) >= 11 is 0. The number of amides is 2. The summed E-state index contributed by atoms with van der Waals surface area (Å²) in [6.45, 7) is 1.80. The van der Waals surface area contributed by atoms with Gasteiger partial charge in [0.05, 0.1) is 12.1 Å². The van der Waals surface area contributed by atoms with Gasteiger partial charge in [-0.25, -0.2) is 0 Å². The smallest absolute Gasteiger partial charge is 0.235 e. The van der Waals surface area contributed by atoms with Crippen LogP contribution in [-0.4, -0.2) is 46.8 Å². The van der Waals surface area contributed by atoms with Crippen LogP contribution >= 0.6 is 0 Å². The first-order valence-corrected chi connectivity index (χ1v) is 8.70. The molecule has 0 aromatic carbocycles. The second-order valence-corrected chi connectivity index (χ2v) is 7.13. The highest BCUT2D eigenvalue weighted by Crippen LogP contribution is 2.35. The van der Waals surface area contributed by atoms with Gasteiger partial charge >= 0.3 is 0 Å². The number of hydrogen-bond acceptors (Lipinski definition) is 2. The molecule has 3 aliphatic rings. The molecule has 0 radical (unpaired) electrons. The van der Waals surface area contributed by atoms with Gasteiger partial charge in [0.2, 0.25) is 11.8 Å². The molecule has 4 nitrogen and oxygen atoms in total. The van der Waals surface area contributed by atoms with Crippen molar-refractivity contribution in [1.82, 2.24) is 9.80 Å². The number of rotatable bonds is 1. The van der Waals surface area contributed by atoms with Crippen LogP contribution in [0, 0.1) is 5.92 Å². The van der Waals surface area contributed by atoms with Gasteiger partial charge in [-0.15, -0.1) is 0 Å². The van der Waals surface area contributed by atoms with Gasteiger partial charge in [-0.1, -0.05) is 32.1 Å². The van der Waals surface area contributed by atoms with Crippen molar-refractivity contribution in [3.05, 3.63) is 0 Å². The third-order valence-corrected chi connectivity index (χ3v) is 5.86. The van der Waals surface area contributed by atoms with Gasteiger partial charge < -0.3 is 9.80 Å². The second-order valence-electron chi connectivity index (χ2n) is 7.13. The van der Waals surface area contributed by atoms with E-state index in [2.05, 4.69) is 4.90 Å². The summed E-state index contributed by atoms with van der Waals surface area (Å²) in [5.41, 5.74) is 0. The zero-order valence-electron chi connectivity index (χ0n) is 13.4. The average Bonchev–Trinajstić information content (AvgIpc) is 2.60. The Morgan fingerprint density at radius 1 is 0.810 bits per heavy atom. The zero-order chi connectivity index (χ0) is 15.0. The van der Waals surface area contributed by atoms with Crippen molar-refractivity contribution in [3.63, 3.8) is 0 Å². The van der Waals surface area contributed by atoms with E-state index in [0.29, 0.717) is 6.04 Å². The van der Waals surface area contributed by atoms with Crippen LogP contribution in [0.15, 0.2) is 0 Å². The molecule has 2 aliphatic carbocycles. The molecule has 3 fully saturated rings. The summed E-state index contributed by atoms with van der Waals surface area (Å²) in [5.74, 6) is -0.383. The zero-order valence-corrected chi connectivity index (χ0v) is 13.4. The first-order valence-electron chi connectivity index (χ1n) is 8.70. The van der Waals surface area contributed by atoms with Gasteiger partial charge in [0.15, 0.2) is 0 Å². The van der Waals surface area contributed by atoms with E-state index in [1.54, 1.807) is 6.92 Å². The largest absolute Gasteiger partial charge is 0.340 e. The van der Waals surface area contributed by atoms with E-state index in [9.17, 15) is 9.59 Å². The fourth-order valence-electron chi connectivity index (χ4n) is 4.64. The van der Waals surface area contributed by atoms with Crippen LogP contribution < -0.4 is 0 Å². The van der Waals surface area contributed by atoms with Crippen LogP contribution in [0.5, 0.6) is 0 Å². The molecule has 118 valence electrons. The Labute approximate surface area is 127 Å². The van der Waals surface area contributed by atoms with E-state index in [0.717, 1.165) is 25.7 Å². The Morgan fingerprint density at radius 3 is 2.05 bits per heavy atom. The molecule has 3 unspecified atom stereocenters. The van der Waals surface area contributed by atoms with Gasteiger partial charge in [0.1, 0.15) is 5.92 Å². The van der Waals surface area contributed by atoms with Crippen molar-refractivity contribution in [2.24, 2.45) is 5.92 Å². The molecule has 0 N–H and O–H groups in total. The Morgan fingerprint density at radius 2 is 1.38 bits per heavy atom. The Balaban J connectivity index is 1.93. The van der Waals surface area contributed by atoms with Crippen LogP contribution in [0.2, 0.25) is 0 Å². The Hall–Kier alpha value is -1.06. The van der Waals surface area contributed by atoms with Crippen LogP contribution in [0.3, 0.4) is 0 Å². The minimum Gasteiger partial charge on any atom is -0.340 e. The predicted molar refractivity (Wildman–Crippen MR) is 81.7 cm³/mol. The third-order valence-electron chi connectivity index (χ3n) is 5.86. The lowest BCUT2D eigenvalue weighted by atomic mass is 9.85. The van der Waals surface area contributed by atoms with Crippen molar-refractivity contribution >= 4 is 11.8 Å². The van der Waals surface area contributed by atoms with Gasteiger partial charge in [-0.2, -0.15) is 0 Å². The SMILES string of the molecule is CC1C(=O)N(C)C2CCCCC2N(C2CCCCC2)C1=O. The van der Waals surface area contributed by atoms with Crippen LogP contribution in [0.25, 0.3) is 0 Å². The minimum atomic E-state index is -0.498. The molecule has 1 aliphatic heterocycles. The van der Waals surface area contributed by atoms with E-state index in [4.69, 9.17) is 0 Å². The van der Waals surface area contributed by atoms with Crippen molar-refractivity contribution in [2.45, 2.75) is 82.8 Å². The fourth-order valence-corrected chi connectivity index (χ4v) is 4.64. The van der Waals surface area contributed by atoms with Gasteiger partial charge in [-0.3, -0.25) is 9.59 Å². The number of carbonyl (C=O) groups is 2. The molecule has 0 bridgehead atoms. The Bertz CT molecular complexity index is 417. The summed E-state index contributed by atoms with van der Waals surface area (Å²) in [4.78, 5) is 29.5. The van der Waals surface area contributed by atoms with E-state index >= 15 is 0 Å². The van der Waals surface area contributed by atoms with E-state index < -0.39 is 5.92 Å². The molecule has 0 aromatic rings. The van der Waals surface area contributed by atoms with E-state index in [1.807, 2.05) is 11.9 Å². The lowest BCUT2D eigenvalue weighted by Crippen LogP contribution is -2.55. The Kier molecular flexibility index (Phi) is 4.23. The van der Waals surface area contributed by atoms with Crippen molar-refractivity contribution in [1.29, 1.82) is 0 Å². The number of likely N-dealkylation sites (N-methyl/N-ethyl adjacent to an activating group) is 1. The highest BCUT2D eigenvalue weighted by molar-refractivity contribution is 6.01. The van der Waals surface area contributed by atoms with Gasteiger partial charge in [0, 0.05) is 13.1 Å². The maximum atomic E-state index is 12.9. The number of carbonyl (C=O) groups excluding carboxylic acids is 2. The first-order chi connectivity index (χ1) is 10.1. The maximum Gasteiger partial charge on any atom is 0.235 e. The minimum absolute atomic E-state index is 0.0233. The lowest BCUT2D eigenvalue weighted by molar-refractivity contribution is -0.144. The molecule has 1 saturated heterocycles. The van der Waals surface area contributed by atoms with E-state index in [-0.39, 0.29) is 23.9 Å². The van der Waals surface area contributed by atoms with Crippen LogP contribution in [0.1, 0.15) is 64.7 Å². The average molecular weight is 292 g/mol. The highest BCUT2D eigenvalue weighted by Gasteiger charge is 2.46. The molecule has 0 aromatic heterocycles. The summed E-state index contributed by atoms with van der Waals surface area (Å²) < 4.78 is 0. The molecule has 2 amide bonds. The fraction of sp³-hybridized carbons (Fsp3) is 0.882.